The van der Waals surface area contributed by atoms with Gasteiger partial charge in [0.2, 0.25) is 0 Å². The Balaban J connectivity index is 1.59. The number of carbonyl (C=O) groups is 1. The molecule has 6 heteroatoms. The highest BCUT2D eigenvalue weighted by Gasteiger charge is 2.15. The normalized spacial score (nSPS) is 13.3. The zero-order chi connectivity index (χ0) is 14.7. The minimum Gasteiger partial charge on any atom is -0.444 e. The van der Waals surface area contributed by atoms with Crippen molar-refractivity contribution in [1.29, 1.82) is 0 Å². The molecule has 0 aliphatic carbocycles. The van der Waals surface area contributed by atoms with Crippen molar-refractivity contribution in [1.82, 2.24) is 9.78 Å². The van der Waals surface area contributed by atoms with Crippen LogP contribution in [0.15, 0.2) is 41.4 Å². The highest BCUT2D eigenvalue weighted by atomic mass is 16.5. The number of aromatic nitrogens is 2. The van der Waals surface area contributed by atoms with E-state index in [4.69, 9.17) is 4.74 Å². The number of carbonyl (C=O) groups excluding carboxylic acids is 1. The second kappa shape index (κ2) is 5.78. The van der Waals surface area contributed by atoms with Crippen LogP contribution in [0.25, 0.3) is 0 Å². The first-order chi connectivity index (χ1) is 10.2. The number of fused-ring (bicyclic) bond motifs is 1. The molecule has 0 unspecified atom stereocenters. The molecule has 0 bridgehead atoms. The molecule has 1 N–H and O–H groups in total. The largest absolute Gasteiger partial charge is 0.444 e. The lowest BCUT2D eigenvalue weighted by Gasteiger charge is -2.10. The van der Waals surface area contributed by atoms with Gasteiger partial charge in [-0.05, 0) is 12.5 Å². The van der Waals surface area contributed by atoms with Gasteiger partial charge in [0.25, 0.3) is 0 Å². The first-order valence-corrected chi connectivity index (χ1v) is 6.79. The van der Waals surface area contributed by atoms with Gasteiger partial charge in [0, 0.05) is 6.07 Å². The first kappa shape index (κ1) is 13.4. The van der Waals surface area contributed by atoms with Gasteiger partial charge < -0.3 is 4.74 Å². The Hall–Kier alpha value is -2.63. The molecule has 0 radical (unpaired) electrons. The second-order valence-corrected chi connectivity index (χ2v) is 4.79. The third kappa shape index (κ3) is 3.10. The molecule has 0 atom stereocenters. The molecule has 1 aliphatic rings. The van der Waals surface area contributed by atoms with Gasteiger partial charge in [-0.25, -0.2) is 4.79 Å². The number of benzene rings is 1. The lowest BCUT2D eigenvalue weighted by atomic mass is 10.2. The van der Waals surface area contributed by atoms with Gasteiger partial charge in [0.1, 0.15) is 6.61 Å². The quantitative estimate of drug-likeness (QED) is 0.941. The molecule has 0 saturated heterocycles. The number of rotatable bonds is 3. The fourth-order valence-electron chi connectivity index (χ4n) is 2.20. The lowest BCUT2D eigenvalue weighted by Crippen LogP contribution is -2.17. The molecule has 0 fully saturated rings. The molecule has 0 spiro atoms. The zero-order valence-electron chi connectivity index (χ0n) is 11.7. The standard InChI is InChI=1S/C15H16N4O2/c1-11-13-9-14(18-19(13)8-7-16-11)17-15(20)21-10-12-5-3-2-4-6-12/h2-6,9H,7-8,10H2,1H3,(H,17,18,20). The van der Waals surface area contributed by atoms with E-state index in [1.54, 1.807) is 0 Å². The number of nitrogens with one attached hydrogen (secondary N) is 1. The fourth-order valence-corrected chi connectivity index (χ4v) is 2.20. The summed E-state index contributed by atoms with van der Waals surface area (Å²) in [4.78, 5) is 16.1. The Morgan fingerprint density at radius 2 is 2.19 bits per heavy atom. The van der Waals surface area contributed by atoms with Crippen LogP contribution >= 0.6 is 0 Å². The van der Waals surface area contributed by atoms with E-state index in [2.05, 4.69) is 15.4 Å². The number of hydrogen-bond donors (Lipinski definition) is 1. The van der Waals surface area contributed by atoms with Crippen molar-refractivity contribution in [2.45, 2.75) is 20.1 Å². The summed E-state index contributed by atoms with van der Waals surface area (Å²) in [6.07, 6.45) is -0.510. The maximum Gasteiger partial charge on any atom is 0.413 e. The van der Waals surface area contributed by atoms with E-state index < -0.39 is 6.09 Å². The average Bonchev–Trinajstić information content (AvgIpc) is 2.90. The molecular weight excluding hydrogens is 268 g/mol. The molecule has 21 heavy (non-hydrogen) atoms. The molecule has 2 aromatic rings. The minimum atomic E-state index is -0.510. The molecule has 3 rings (SSSR count). The summed E-state index contributed by atoms with van der Waals surface area (Å²) in [7, 11) is 0. The number of anilines is 1. The number of aliphatic imine (C=N–C) groups is 1. The van der Waals surface area contributed by atoms with Crippen molar-refractivity contribution in [2.24, 2.45) is 4.99 Å². The summed E-state index contributed by atoms with van der Waals surface area (Å²) in [5, 5.41) is 6.96. The Labute approximate surface area is 122 Å². The summed E-state index contributed by atoms with van der Waals surface area (Å²) < 4.78 is 7.00. The number of ether oxygens (including phenoxy) is 1. The van der Waals surface area contributed by atoms with Gasteiger partial charge in [-0.3, -0.25) is 15.0 Å². The van der Waals surface area contributed by atoms with Crippen LogP contribution < -0.4 is 5.32 Å². The zero-order valence-corrected chi connectivity index (χ0v) is 11.7. The molecule has 0 saturated carbocycles. The Morgan fingerprint density at radius 3 is 2.95 bits per heavy atom. The molecular formula is C15H16N4O2. The third-order valence-corrected chi connectivity index (χ3v) is 3.25. The Bertz CT molecular complexity index is 676. The highest BCUT2D eigenvalue weighted by Crippen LogP contribution is 2.14. The van der Waals surface area contributed by atoms with Crippen molar-refractivity contribution in [2.75, 3.05) is 11.9 Å². The van der Waals surface area contributed by atoms with Gasteiger partial charge in [-0.15, -0.1) is 0 Å². The second-order valence-electron chi connectivity index (χ2n) is 4.79. The predicted octanol–water partition coefficient (Wildman–Crippen LogP) is 2.45. The number of amides is 1. The molecule has 108 valence electrons. The molecule has 1 amide bonds. The van der Waals surface area contributed by atoms with E-state index in [0.29, 0.717) is 5.82 Å². The van der Waals surface area contributed by atoms with Crippen molar-refractivity contribution in [3.05, 3.63) is 47.7 Å². The molecule has 1 aromatic heterocycles. The van der Waals surface area contributed by atoms with E-state index in [1.165, 1.54) is 0 Å². The summed E-state index contributed by atoms with van der Waals surface area (Å²) in [6.45, 7) is 3.62. The fraction of sp³-hybridized carbons (Fsp3) is 0.267. The van der Waals surface area contributed by atoms with Crippen molar-refractivity contribution in [3.63, 3.8) is 0 Å². The smallest absolute Gasteiger partial charge is 0.413 e. The van der Waals surface area contributed by atoms with Crippen LogP contribution in [-0.4, -0.2) is 28.1 Å². The number of hydrogen-bond acceptors (Lipinski definition) is 4. The summed E-state index contributed by atoms with van der Waals surface area (Å²) in [6, 6.07) is 11.3. The van der Waals surface area contributed by atoms with E-state index in [9.17, 15) is 4.79 Å². The minimum absolute atomic E-state index is 0.237. The summed E-state index contributed by atoms with van der Waals surface area (Å²) in [5.74, 6) is 0.486. The molecule has 6 nitrogen and oxygen atoms in total. The van der Waals surface area contributed by atoms with Crippen LogP contribution in [0.5, 0.6) is 0 Å². The van der Waals surface area contributed by atoms with Crippen molar-refractivity contribution >= 4 is 17.6 Å². The van der Waals surface area contributed by atoms with Gasteiger partial charge in [-0.1, -0.05) is 30.3 Å². The van der Waals surface area contributed by atoms with Gasteiger partial charge in [0.15, 0.2) is 5.82 Å². The molecule has 1 aromatic carbocycles. The number of nitrogens with zero attached hydrogens (tertiary/aromatic N) is 3. The SMILES string of the molecule is CC1=NCCn2nc(NC(=O)OCc3ccccc3)cc21. The van der Waals surface area contributed by atoms with Crippen LogP contribution in [0.1, 0.15) is 18.2 Å². The van der Waals surface area contributed by atoms with Crippen LogP contribution in [0.4, 0.5) is 10.6 Å². The third-order valence-electron chi connectivity index (χ3n) is 3.25. The van der Waals surface area contributed by atoms with Gasteiger partial charge in [0.05, 0.1) is 24.5 Å². The molecule has 1 aliphatic heterocycles. The Kier molecular flexibility index (Phi) is 3.68. The van der Waals surface area contributed by atoms with E-state index in [-0.39, 0.29) is 6.61 Å². The van der Waals surface area contributed by atoms with Crippen LogP contribution in [-0.2, 0) is 17.9 Å². The topological polar surface area (TPSA) is 68.5 Å². The lowest BCUT2D eigenvalue weighted by molar-refractivity contribution is 0.155. The predicted molar refractivity (Wildman–Crippen MR) is 79.6 cm³/mol. The molecule has 2 heterocycles. The average molecular weight is 284 g/mol. The van der Waals surface area contributed by atoms with Crippen LogP contribution in [0.3, 0.4) is 0 Å². The first-order valence-electron chi connectivity index (χ1n) is 6.79. The monoisotopic (exact) mass is 284 g/mol. The van der Waals surface area contributed by atoms with Crippen LogP contribution in [0.2, 0.25) is 0 Å². The van der Waals surface area contributed by atoms with E-state index in [0.717, 1.165) is 30.1 Å². The van der Waals surface area contributed by atoms with Crippen LogP contribution in [0, 0.1) is 0 Å². The summed E-state index contributed by atoms with van der Waals surface area (Å²) in [5.41, 5.74) is 2.80. The van der Waals surface area contributed by atoms with Crippen molar-refractivity contribution in [3.8, 4) is 0 Å². The van der Waals surface area contributed by atoms with Gasteiger partial charge in [-0.2, -0.15) is 5.10 Å². The Morgan fingerprint density at radius 1 is 1.38 bits per heavy atom. The maximum atomic E-state index is 11.8. The maximum absolute atomic E-state index is 11.8. The van der Waals surface area contributed by atoms with E-state index >= 15 is 0 Å². The van der Waals surface area contributed by atoms with Crippen molar-refractivity contribution < 1.29 is 9.53 Å². The van der Waals surface area contributed by atoms with Gasteiger partial charge >= 0.3 is 6.09 Å². The highest BCUT2D eigenvalue weighted by molar-refractivity contribution is 5.99. The van der Waals surface area contributed by atoms with E-state index in [1.807, 2.05) is 48.0 Å². The summed E-state index contributed by atoms with van der Waals surface area (Å²) >= 11 is 0.